The van der Waals surface area contributed by atoms with Gasteiger partial charge in [-0.1, -0.05) is 0 Å². The van der Waals surface area contributed by atoms with Crippen molar-refractivity contribution in [2.45, 2.75) is 6.92 Å². The van der Waals surface area contributed by atoms with Crippen LogP contribution in [0.2, 0.25) is 0 Å². The van der Waals surface area contributed by atoms with Gasteiger partial charge in [0.15, 0.2) is 0 Å². The molecule has 0 aliphatic rings. The summed E-state index contributed by atoms with van der Waals surface area (Å²) in [5.74, 6) is -0.140. The molecule has 3 aromatic rings. The molecule has 21 heavy (non-hydrogen) atoms. The molecule has 4 nitrogen and oxygen atoms in total. The summed E-state index contributed by atoms with van der Waals surface area (Å²) in [6.45, 7) is 1.52. The first-order valence-electron chi connectivity index (χ1n) is 6.24. The van der Waals surface area contributed by atoms with Crippen LogP contribution >= 0.6 is 11.3 Å². The largest absolute Gasteiger partial charge is 0.357 e. The highest BCUT2D eigenvalue weighted by molar-refractivity contribution is 7.16. The van der Waals surface area contributed by atoms with Gasteiger partial charge < -0.3 is 10.6 Å². The summed E-state index contributed by atoms with van der Waals surface area (Å²) >= 11 is 1.45. The Labute approximate surface area is 123 Å². The van der Waals surface area contributed by atoms with Gasteiger partial charge in [0, 0.05) is 13.1 Å². The van der Waals surface area contributed by atoms with E-state index in [4.69, 9.17) is 0 Å². The van der Waals surface area contributed by atoms with Gasteiger partial charge in [-0.05, 0) is 30.0 Å². The molecule has 0 aliphatic carbocycles. The molecule has 108 valence electrons. The van der Waals surface area contributed by atoms with Crippen LogP contribution in [0.15, 0.2) is 23.6 Å². The first kappa shape index (κ1) is 13.7. The molecule has 0 unspecified atom stereocenters. The zero-order valence-corrected chi connectivity index (χ0v) is 12.2. The van der Waals surface area contributed by atoms with Gasteiger partial charge in [0.2, 0.25) is 5.95 Å². The van der Waals surface area contributed by atoms with Gasteiger partial charge >= 0.3 is 0 Å². The maximum Gasteiger partial charge on any atom is 0.225 e. The van der Waals surface area contributed by atoms with Crippen molar-refractivity contribution in [3.8, 4) is 0 Å². The molecule has 0 spiro atoms. The van der Waals surface area contributed by atoms with Gasteiger partial charge in [-0.15, -0.1) is 11.3 Å². The van der Waals surface area contributed by atoms with Gasteiger partial charge in [0.05, 0.1) is 11.1 Å². The quantitative estimate of drug-likeness (QED) is 0.766. The van der Waals surface area contributed by atoms with Crippen molar-refractivity contribution in [1.82, 2.24) is 9.97 Å². The van der Waals surface area contributed by atoms with Crippen molar-refractivity contribution < 1.29 is 8.78 Å². The third kappa shape index (κ3) is 2.52. The Morgan fingerprint density at radius 1 is 1.14 bits per heavy atom. The van der Waals surface area contributed by atoms with E-state index in [0.717, 1.165) is 22.3 Å². The second kappa shape index (κ2) is 5.25. The van der Waals surface area contributed by atoms with Crippen LogP contribution in [0.5, 0.6) is 0 Å². The minimum Gasteiger partial charge on any atom is -0.357 e. The summed E-state index contributed by atoms with van der Waals surface area (Å²) < 4.78 is 27.6. The van der Waals surface area contributed by atoms with Gasteiger partial charge in [-0.3, -0.25) is 0 Å². The fourth-order valence-corrected chi connectivity index (χ4v) is 2.70. The van der Waals surface area contributed by atoms with E-state index in [1.54, 1.807) is 7.05 Å². The molecular formula is C14H12F2N4S. The molecular weight excluding hydrogens is 294 g/mol. The number of hydrogen-bond donors (Lipinski definition) is 2. The topological polar surface area (TPSA) is 49.8 Å². The molecule has 1 aromatic carbocycles. The minimum absolute atomic E-state index is 0.0475. The third-order valence-electron chi connectivity index (χ3n) is 3.05. The van der Waals surface area contributed by atoms with Crippen LogP contribution in [0, 0.1) is 18.6 Å². The van der Waals surface area contributed by atoms with E-state index >= 15 is 0 Å². The molecule has 0 aliphatic heterocycles. The molecule has 3 rings (SSSR count). The fourth-order valence-electron chi connectivity index (χ4n) is 1.93. The van der Waals surface area contributed by atoms with Crippen LogP contribution in [-0.4, -0.2) is 17.0 Å². The van der Waals surface area contributed by atoms with Crippen LogP contribution in [0.1, 0.15) is 5.56 Å². The van der Waals surface area contributed by atoms with Gasteiger partial charge in [-0.25, -0.2) is 13.8 Å². The molecule has 0 amide bonds. The molecule has 2 heterocycles. The molecule has 0 saturated heterocycles. The Balaban J connectivity index is 2.09. The Morgan fingerprint density at radius 2 is 1.95 bits per heavy atom. The first-order valence-corrected chi connectivity index (χ1v) is 7.12. The van der Waals surface area contributed by atoms with Crippen molar-refractivity contribution in [3.63, 3.8) is 0 Å². The SMILES string of the molecule is CNc1nc(Nc2cc(F)c(C)cc2F)c2ccsc2n1. The zero-order chi connectivity index (χ0) is 15.0. The fraction of sp³-hybridized carbons (Fsp3) is 0.143. The number of anilines is 3. The van der Waals surface area contributed by atoms with Crippen LogP contribution in [0.4, 0.5) is 26.2 Å². The van der Waals surface area contributed by atoms with Gasteiger partial charge in [0.25, 0.3) is 0 Å². The Bertz CT molecular complexity index is 816. The number of rotatable bonds is 3. The van der Waals surface area contributed by atoms with Crippen molar-refractivity contribution in [2.24, 2.45) is 0 Å². The number of benzene rings is 1. The lowest BCUT2D eigenvalue weighted by molar-refractivity contribution is 0.595. The number of aryl methyl sites for hydroxylation is 1. The average Bonchev–Trinajstić information content (AvgIpc) is 2.93. The normalized spacial score (nSPS) is 10.9. The van der Waals surface area contributed by atoms with E-state index in [1.165, 1.54) is 18.3 Å². The molecule has 0 bridgehead atoms. The number of hydrogen-bond acceptors (Lipinski definition) is 5. The summed E-state index contributed by atoms with van der Waals surface area (Å²) in [6, 6.07) is 4.12. The first-order chi connectivity index (χ1) is 10.1. The Hall–Kier alpha value is -2.28. The second-order valence-electron chi connectivity index (χ2n) is 4.49. The summed E-state index contributed by atoms with van der Waals surface area (Å²) in [7, 11) is 1.70. The molecule has 2 aromatic heterocycles. The number of halogens is 2. The number of aromatic nitrogens is 2. The van der Waals surface area contributed by atoms with Crippen LogP contribution in [-0.2, 0) is 0 Å². The van der Waals surface area contributed by atoms with Crippen LogP contribution < -0.4 is 10.6 Å². The number of thiophene rings is 1. The molecule has 7 heteroatoms. The predicted octanol–water partition coefficient (Wildman–Crippen LogP) is 4.06. The van der Waals surface area contributed by atoms with Crippen LogP contribution in [0.3, 0.4) is 0 Å². The Kier molecular flexibility index (Phi) is 3.42. The molecule has 0 fully saturated rings. The molecule has 2 N–H and O–H groups in total. The van der Waals surface area contributed by atoms with Crippen molar-refractivity contribution >= 4 is 39.0 Å². The van der Waals surface area contributed by atoms with Gasteiger partial charge in [0.1, 0.15) is 22.3 Å². The summed E-state index contributed by atoms with van der Waals surface area (Å²) in [5.41, 5.74) is 0.309. The van der Waals surface area contributed by atoms with E-state index in [0.29, 0.717) is 11.8 Å². The van der Waals surface area contributed by atoms with Gasteiger partial charge in [-0.2, -0.15) is 4.98 Å². The average molecular weight is 306 g/mol. The van der Waals surface area contributed by atoms with Crippen molar-refractivity contribution in [1.29, 1.82) is 0 Å². The van der Waals surface area contributed by atoms with E-state index in [2.05, 4.69) is 20.6 Å². The highest BCUT2D eigenvalue weighted by atomic mass is 32.1. The molecule has 0 saturated carbocycles. The zero-order valence-electron chi connectivity index (χ0n) is 11.4. The van der Waals surface area contributed by atoms with E-state index in [-0.39, 0.29) is 11.3 Å². The molecule has 0 atom stereocenters. The van der Waals surface area contributed by atoms with Crippen molar-refractivity contribution in [3.05, 3.63) is 40.8 Å². The smallest absolute Gasteiger partial charge is 0.225 e. The second-order valence-corrected chi connectivity index (χ2v) is 5.39. The monoisotopic (exact) mass is 306 g/mol. The standard InChI is InChI=1S/C14H12F2N4S/c1-7-5-10(16)11(6-9(7)15)18-12-8-3-4-21-13(8)20-14(17-2)19-12/h3-6H,1-2H3,(H2,17,18,19,20). The van der Waals surface area contributed by atoms with E-state index < -0.39 is 11.6 Å². The summed E-state index contributed by atoms with van der Waals surface area (Å²) in [5, 5.41) is 8.33. The highest BCUT2D eigenvalue weighted by Gasteiger charge is 2.12. The lowest BCUT2D eigenvalue weighted by Crippen LogP contribution is -2.02. The third-order valence-corrected chi connectivity index (χ3v) is 3.86. The number of nitrogens with one attached hydrogen (secondary N) is 2. The summed E-state index contributed by atoms with van der Waals surface area (Å²) in [6.07, 6.45) is 0. The predicted molar refractivity (Wildman–Crippen MR) is 81.3 cm³/mol. The van der Waals surface area contributed by atoms with E-state index in [1.807, 2.05) is 11.4 Å². The summed E-state index contributed by atoms with van der Waals surface area (Å²) in [4.78, 5) is 9.33. The minimum atomic E-state index is -0.526. The maximum absolute atomic E-state index is 13.9. The number of fused-ring (bicyclic) bond motifs is 1. The molecule has 0 radical (unpaired) electrons. The Morgan fingerprint density at radius 3 is 2.71 bits per heavy atom. The van der Waals surface area contributed by atoms with E-state index in [9.17, 15) is 8.78 Å². The van der Waals surface area contributed by atoms with Crippen molar-refractivity contribution in [2.75, 3.05) is 17.7 Å². The highest BCUT2D eigenvalue weighted by Crippen LogP contribution is 2.30. The lowest BCUT2D eigenvalue weighted by atomic mass is 10.2. The maximum atomic E-state index is 13.9. The lowest BCUT2D eigenvalue weighted by Gasteiger charge is -2.10. The number of nitrogens with zero attached hydrogens (tertiary/aromatic N) is 2. The van der Waals surface area contributed by atoms with Crippen LogP contribution in [0.25, 0.3) is 10.2 Å².